The lowest BCUT2D eigenvalue weighted by Crippen LogP contribution is -2.36. The molecule has 1 aliphatic heterocycles. The lowest BCUT2D eigenvalue weighted by atomic mass is 9.97. The summed E-state index contributed by atoms with van der Waals surface area (Å²) in [6.07, 6.45) is 7.51. The van der Waals surface area contributed by atoms with Crippen LogP contribution in [-0.2, 0) is 0 Å². The van der Waals surface area contributed by atoms with Gasteiger partial charge in [0, 0.05) is 41.8 Å². The van der Waals surface area contributed by atoms with Crippen molar-refractivity contribution in [3.05, 3.63) is 41.8 Å². The predicted octanol–water partition coefficient (Wildman–Crippen LogP) is 3.69. The number of pyridine rings is 1. The van der Waals surface area contributed by atoms with Gasteiger partial charge in [-0.1, -0.05) is 0 Å². The molecule has 1 aliphatic rings. The highest BCUT2D eigenvalue weighted by Crippen LogP contribution is 2.31. The molecule has 0 atom stereocenters. The molecule has 6 heteroatoms. The minimum Gasteiger partial charge on any atom is -0.476 e. The summed E-state index contributed by atoms with van der Waals surface area (Å²) in [6, 6.07) is 4.27. The Balaban J connectivity index is 1.37. The van der Waals surface area contributed by atoms with E-state index in [4.69, 9.17) is 4.74 Å². The zero-order valence-electron chi connectivity index (χ0n) is 13.7. The monoisotopic (exact) mass is 340 g/mol. The summed E-state index contributed by atoms with van der Waals surface area (Å²) in [5.41, 5.74) is 0.850. The number of hydrogen-bond donors (Lipinski definition) is 0. The molecule has 0 unspecified atom stereocenters. The number of hydrogen-bond acceptors (Lipinski definition) is 6. The molecule has 0 aromatic carbocycles. The third-order valence-corrected chi connectivity index (χ3v) is 5.45. The van der Waals surface area contributed by atoms with Crippen LogP contribution in [0.2, 0.25) is 0 Å². The molecule has 4 rings (SSSR count). The first kappa shape index (κ1) is 15.3. The molecule has 0 amide bonds. The third-order valence-electron chi connectivity index (χ3n) is 4.56. The summed E-state index contributed by atoms with van der Waals surface area (Å²) in [6.45, 7) is 4.69. The number of aryl methyl sites for hydroxylation is 1. The van der Waals surface area contributed by atoms with Crippen LogP contribution >= 0.6 is 11.3 Å². The molecule has 0 N–H and O–H groups in total. The summed E-state index contributed by atoms with van der Waals surface area (Å²) in [4.78, 5) is 15.5. The Morgan fingerprint density at radius 1 is 1.12 bits per heavy atom. The minimum atomic E-state index is 0.560. The van der Waals surface area contributed by atoms with Crippen molar-refractivity contribution >= 4 is 27.2 Å². The van der Waals surface area contributed by atoms with Gasteiger partial charge >= 0.3 is 0 Å². The number of nitrogens with zero attached hydrogens (tertiary/aromatic N) is 4. The van der Waals surface area contributed by atoms with Gasteiger partial charge in [0.2, 0.25) is 5.88 Å². The zero-order valence-corrected chi connectivity index (χ0v) is 14.5. The van der Waals surface area contributed by atoms with E-state index in [0.29, 0.717) is 18.4 Å². The Bertz CT molecular complexity index is 827. The van der Waals surface area contributed by atoms with Crippen LogP contribution in [0, 0.1) is 12.8 Å². The average molecular weight is 340 g/mol. The predicted molar refractivity (Wildman–Crippen MR) is 96.8 cm³/mol. The number of fused-ring (bicyclic) bond motifs is 1. The first-order chi connectivity index (χ1) is 11.8. The summed E-state index contributed by atoms with van der Waals surface area (Å²) in [5, 5.41) is 3.41. The first-order valence-electron chi connectivity index (χ1n) is 8.29. The van der Waals surface area contributed by atoms with Gasteiger partial charge in [-0.3, -0.25) is 4.98 Å². The summed E-state index contributed by atoms with van der Waals surface area (Å²) >= 11 is 1.77. The molecule has 0 radical (unpaired) electrons. The molecule has 0 spiro atoms. The number of anilines is 1. The van der Waals surface area contributed by atoms with E-state index in [-0.39, 0.29) is 0 Å². The number of thiophene rings is 1. The maximum atomic E-state index is 5.87. The molecule has 5 nitrogen and oxygen atoms in total. The largest absolute Gasteiger partial charge is 0.476 e. The fraction of sp³-hybridized carbons (Fsp3) is 0.389. The van der Waals surface area contributed by atoms with Crippen molar-refractivity contribution in [3.63, 3.8) is 0 Å². The van der Waals surface area contributed by atoms with Crippen LogP contribution in [0.15, 0.2) is 36.1 Å². The molecule has 0 saturated carbocycles. The van der Waals surface area contributed by atoms with Gasteiger partial charge in [-0.15, -0.1) is 11.3 Å². The zero-order chi connectivity index (χ0) is 16.4. The topological polar surface area (TPSA) is 51.1 Å². The highest BCUT2D eigenvalue weighted by molar-refractivity contribution is 7.17. The molecular formula is C18H20N4OS. The van der Waals surface area contributed by atoms with Gasteiger partial charge in [-0.2, -0.15) is 0 Å². The minimum absolute atomic E-state index is 0.560. The first-order valence-corrected chi connectivity index (χ1v) is 9.17. The van der Waals surface area contributed by atoms with Crippen molar-refractivity contribution in [1.82, 2.24) is 15.0 Å². The normalized spacial score (nSPS) is 15.8. The van der Waals surface area contributed by atoms with Crippen molar-refractivity contribution in [2.45, 2.75) is 19.8 Å². The smallest absolute Gasteiger partial charge is 0.235 e. The highest BCUT2D eigenvalue weighted by Gasteiger charge is 2.22. The average Bonchev–Trinajstić information content (AvgIpc) is 3.10. The second-order valence-electron chi connectivity index (χ2n) is 6.16. The van der Waals surface area contributed by atoms with Gasteiger partial charge in [0.15, 0.2) is 0 Å². The van der Waals surface area contributed by atoms with Crippen molar-refractivity contribution in [2.24, 2.45) is 5.92 Å². The maximum absolute atomic E-state index is 5.87. The van der Waals surface area contributed by atoms with Gasteiger partial charge in [0.05, 0.1) is 12.3 Å². The van der Waals surface area contributed by atoms with E-state index in [1.165, 1.54) is 10.1 Å². The van der Waals surface area contributed by atoms with Crippen molar-refractivity contribution in [3.8, 4) is 5.88 Å². The number of aromatic nitrogens is 3. The quantitative estimate of drug-likeness (QED) is 0.725. The molecule has 3 aromatic heterocycles. The van der Waals surface area contributed by atoms with E-state index in [2.05, 4.69) is 37.4 Å². The number of piperidine rings is 1. The van der Waals surface area contributed by atoms with Gasteiger partial charge in [-0.25, -0.2) is 9.97 Å². The van der Waals surface area contributed by atoms with Crippen LogP contribution in [0.1, 0.15) is 18.5 Å². The Hall–Kier alpha value is -2.21. The second kappa shape index (κ2) is 6.73. The van der Waals surface area contributed by atoms with E-state index < -0.39 is 0 Å². The van der Waals surface area contributed by atoms with E-state index >= 15 is 0 Å². The molecular weight excluding hydrogens is 320 g/mol. The number of rotatable bonds is 4. The Morgan fingerprint density at radius 2 is 1.96 bits per heavy atom. The van der Waals surface area contributed by atoms with Crippen LogP contribution < -0.4 is 9.64 Å². The van der Waals surface area contributed by atoms with E-state index in [9.17, 15) is 0 Å². The molecule has 0 bridgehead atoms. The third kappa shape index (κ3) is 3.06. The SMILES string of the molecule is Cc1nccnc1OCC1CCN(c2nccc3sccc23)CC1. The van der Waals surface area contributed by atoms with Gasteiger partial charge in [0.25, 0.3) is 0 Å². The lowest BCUT2D eigenvalue weighted by Gasteiger charge is -2.33. The van der Waals surface area contributed by atoms with E-state index in [0.717, 1.165) is 37.4 Å². The van der Waals surface area contributed by atoms with Crippen molar-refractivity contribution in [2.75, 3.05) is 24.6 Å². The summed E-state index contributed by atoms with van der Waals surface area (Å²) < 4.78 is 7.18. The second-order valence-corrected chi connectivity index (χ2v) is 7.10. The molecule has 124 valence electrons. The summed E-state index contributed by atoms with van der Waals surface area (Å²) in [7, 11) is 0. The molecule has 24 heavy (non-hydrogen) atoms. The molecule has 3 aromatic rings. The number of ether oxygens (including phenoxy) is 1. The lowest BCUT2D eigenvalue weighted by molar-refractivity contribution is 0.214. The molecule has 4 heterocycles. The van der Waals surface area contributed by atoms with Gasteiger partial charge in [-0.05, 0) is 43.2 Å². The van der Waals surface area contributed by atoms with E-state index in [1.54, 1.807) is 23.7 Å². The van der Waals surface area contributed by atoms with Gasteiger partial charge < -0.3 is 9.64 Å². The van der Waals surface area contributed by atoms with Crippen LogP contribution in [0.4, 0.5) is 5.82 Å². The fourth-order valence-electron chi connectivity index (χ4n) is 3.18. The Morgan fingerprint density at radius 3 is 2.79 bits per heavy atom. The maximum Gasteiger partial charge on any atom is 0.235 e. The standard InChI is InChI=1S/C18H20N4OS/c1-13-18(21-8-7-19-13)23-12-14-3-9-22(10-4-14)17-15-5-11-24-16(15)2-6-20-17/h2,5-8,11,14H,3-4,9-10,12H2,1H3. The van der Waals surface area contributed by atoms with Crippen LogP contribution in [0.3, 0.4) is 0 Å². The Kier molecular flexibility index (Phi) is 4.30. The van der Waals surface area contributed by atoms with Crippen LogP contribution in [0.5, 0.6) is 5.88 Å². The van der Waals surface area contributed by atoms with Crippen molar-refractivity contribution in [1.29, 1.82) is 0 Å². The molecule has 1 saturated heterocycles. The van der Waals surface area contributed by atoms with Crippen molar-refractivity contribution < 1.29 is 4.74 Å². The Labute approximate surface area is 145 Å². The highest BCUT2D eigenvalue weighted by atomic mass is 32.1. The van der Waals surface area contributed by atoms with Gasteiger partial charge in [0.1, 0.15) is 5.82 Å². The summed E-state index contributed by atoms with van der Waals surface area (Å²) in [5.74, 6) is 2.34. The van der Waals surface area contributed by atoms with E-state index in [1.807, 2.05) is 13.1 Å². The van der Waals surface area contributed by atoms with Crippen LogP contribution in [-0.4, -0.2) is 34.6 Å². The fourth-order valence-corrected chi connectivity index (χ4v) is 3.95. The van der Waals surface area contributed by atoms with Crippen LogP contribution in [0.25, 0.3) is 10.1 Å². The molecule has 0 aliphatic carbocycles. The molecule has 1 fully saturated rings.